The van der Waals surface area contributed by atoms with Crippen LogP contribution in [0.3, 0.4) is 0 Å². The van der Waals surface area contributed by atoms with E-state index < -0.39 is 5.97 Å². The van der Waals surface area contributed by atoms with Crippen LogP contribution in [0.15, 0.2) is 18.2 Å². The zero-order chi connectivity index (χ0) is 13.0. The van der Waals surface area contributed by atoms with E-state index in [1.165, 1.54) is 0 Å². The van der Waals surface area contributed by atoms with Gasteiger partial charge in [0.05, 0.1) is 6.61 Å². The molecule has 0 aliphatic rings. The maximum Gasteiger partial charge on any atom is 0.328 e. The van der Waals surface area contributed by atoms with Gasteiger partial charge < -0.3 is 9.84 Å². The molecule has 4 heteroatoms. The molecule has 17 heavy (non-hydrogen) atoms. The molecule has 0 saturated carbocycles. The molecule has 1 N–H and O–H groups in total. The zero-order valence-electron chi connectivity index (χ0n) is 10.1. The van der Waals surface area contributed by atoms with Gasteiger partial charge in [-0.3, -0.25) is 0 Å². The van der Waals surface area contributed by atoms with Crippen LogP contribution in [-0.2, 0) is 4.79 Å². The number of hydrogen-bond donors (Lipinski definition) is 1. The van der Waals surface area contributed by atoms with Gasteiger partial charge in [-0.25, -0.2) is 4.79 Å². The molecule has 0 aliphatic carbocycles. The smallest absolute Gasteiger partial charge is 0.328 e. The number of carboxylic acid groups (broad SMARTS) is 1. The van der Waals surface area contributed by atoms with E-state index >= 15 is 0 Å². The fraction of sp³-hybridized carbons (Fsp3) is 0.308. The lowest BCUT2D eigenvalue weighted by atomic mass is 10.0. The lowest BCUT2D eigenvalue weighted by Gasteiger charge is -2.12. The average Bonchev–Trinajstić information content (AvgIpc) is 2.22. The number of halogens is 1. The molecule has 0 heterocycles. The summed E-state index contributed by atoms with van der Waals surface area (Å²) in [5.41, 5.74) is 2.23. The molecule has 0 atom stereocenters. The normalized spacial score (nSPS) is 11.4. The number of allylic oxidation sites excluding steroid dienone is 1. The van der Waals surface area contributed by atoms with E-state index in [0.717, 1.165) is 11.6 Å². The Labute approximate surface area is 106 Å². The van der Waals surface area contributed by atoms with Gasteiger partial charge in [-0.2, -0.15) is 0 Å². The molecule has 0 spiro atoms. The second-order valence-electron chi connectivity index (χ2n) is 3.70. The van der Waals surface area contributed by atoms with Gasteiger partial charge in [-0.15, -0.1) is 0 Å². The summed E-state index contributed by atoms with van der Waals surface area (Å²) in [6.45, 7) is 6.00. The first-order valence-electron chi connectivity index (χ1n) is 5.30. The molecule has 0 bridgehead atoms. The van der Waals surface area contributed by atoms with Crippen molar-refractivity contribution in [3.8, 4) is 5.75 Å². The molecular weight excluding hydrogens is 240 g/mol. The summed E-state index contributed by atoms with van der Waals surface area (Å²) < 4.78 is 5.48. The van der Waals surface area contributed by atoms with Crippen molar-refractivity contribution in [2.45, 2.75) is 20.8 Å². The largest absolute Gasteiger partial charge is 0.493 e. The van der Waals surface area contributed by atoms with Gasteiger partial charge in [0.2, 0.25) is 0 Å². The first-order valence-corrected chi connectivity index (χ1v) is 5.68. The Bertz CT molecular complexity index is 464. The highest BCUT2D eigenvalue weighted by atomic mass is 35.5. The fourth-order valence-electron chi connectivity index (χ4n) is 1.50. The van der Waals surface area contributed by atoms with Gasteiger partial charge in [-0.05, 0) is 44.0 Å². The highest BCUT2D eigenvalue weighted by Crippen LogP contribution is 2.31. The molecule has 0 aliphatic heterocycles. The van der Waals surface area contributed by atoms with Crippen molar-refractivity contribution >= 4 is 23.1 Å². The molecular formula is C13H15ClO3. The lowest BCUT2D eigenvalue weighted by molar-refractivity contribution is -0.131. The summed E-state index contributed by atoms with van der Waals surface area (Å²) in [6.07, 6.45) is 1.14. The monoisotopic (exact) mass is 254 g/mol. The van der Waals surface area contributed by atoms with Crippen molar-refractivity contribution in [1.29, 1.82) is 0 Å². The number of aliphatic carboxylic acids is 1. The van der Waals surface area contributed by atoms with Gasteiger partial charge in [-0.1, -0.05) is 11.6 Å². The first kappa shape index (κ1) is 13.6. The molecule has 0 aromatic heterocycles. The van der Waals surface area contributed by atoms with E-state index in [4.69, 9.17) is 21.4 Å². The van der Waals surface area contributed by atoms with Crippen LogP contribution in [0.1, 0.15) is 25.0 Å². The first-order chi connectivity index (χ1) is 7.95. The van der Waals surface area contributed by atoms with Crippen LogP contribution in [0.5, 0.6) is 5.75 Å². The Hall–Kier alpha value is -1.48. The van der Waals surface area contributed by atoms with Gasteiger partial charge in [0.1, 0.15) is 5.75 Å². The van der Waals surface area contributed by atoms with Gasteiger partial charge in [0.15, 0.2) is 0 Å². The van der Waals surface area contributed by atoms with Crippen molar-refractivity contribution in [2.75, 3.05) is 6.61 Å². The molecule has 0 unspecified atom stereocenters. The molecule has 1 aromatic rings. The van der Waals surface area contributed by atoms with Crippen molar-refractivity contribution in [2.24, 2.45) is 0 Å². The lowest BCUT2D eigenvalue weighted by Crippen LogP contribution is -1.98. The van der Waals surface area contributed by atoms with Crippen LogP contribution in [-0.4, -0.2) is 17.7 Å². The second kappa shape index (κ2) is 5.73. The van der Waals surface area contributed by atoms with E-state index in [1.807, 2.05) is 19.9 Å². The molecule has 1 aromatic carbocycles. The number of hydrogen-bond acceptors (Lipinski definition) is 2. The topological polar surface area (TPSA) is 46.5 Å². The molecule has 1 rings (SSSR count). The highest BCUT2D eigenvalue weighted by molar-refractivity contribution is 6.31. The zero-order valence-corrected chi connectivity index (χ0v) is 10.8. The Kier molecular flexibility index (Phi) is 4.58. The maximum absolute atomic E-state index is 10.7. The number of aryl methyl sites for hydroxylation is 1. The predicted octanol–water partition coefficient (Wildman–Crippen LogP) is 3.54. The minimum Gasteiger partial charge on any atom is -0.493 e. The minimum absolute atomic E-state index is 0.522. The summed E-state index contributed by atoms with van der Waals surface area (Å²) in [5, 5.41) is 9.34. The Morgan fingerprint density at radius 1 is 1.53 bits per heavy atom. The third-order valence-electron chi connectivity index (χ3n) is 2.33. The average molecular weight is 255 g/mol. The molecule has 0 fully saturated rings. The predicted molar refractivity (Wildman–Crippen MR) is 68.6 cm³/mol. The van der Waals surface area contributed by atoms with Gasteiger partial charge >= 0.3 is 5.97 Å². The van der Waals surface area contributed by atoms with Crippen LogP contribution < -0.4 is 4.74 Å². The maximum atomic E-state index is 10.7. The summed E-state index contributed by atoms with van der Waals surface area (Å²) in [4.78, 5) is 10.7. The molecule has 92 valence electrons. The number of benzene rings is 1. The van der Waals surface area contributed by atoms with Crippen LogP contribution >= 0.6 is 11.6 Å². The van der Waals surface area contributed by atoms with Crippen molar-refractivity contribution < 1.29 is 14.6 Å². The highest BCUT2D eigenvalue weighted by Gasteiger charge is 2.10. The number of rotatable bonds is 4. The molecule has 0 amide bonds. The quantitative estimate of drug-likeness (QED) is 0.836. The van der Waals surface area contributed by atoms with Crippen LogP contribution in [0.2, 0.25) is 5.02 Å². The number of carboxylic acids is 1. The fourth-order valence-corrected chi connectivity index (χ4v) is 1.66. The molecule has 3 nitrogen and oxygen atoms in total. The second-order valence-corrected chi connectivity index (χ2v) is 4.10. The summed E-state index contributed by atoms with van der Waals surface area (Å²) >= 11 is 6.04. The number of ether oxygens (including phenoxy) is 1. The van der Waals surface area contributed by atoms with Crippen LogP contribution in [0.25, 0.3) is 5.57 Å². The van der Waals surface area contributed by atoms with Crippen molar-refractivity contribution in [3.63, 3.8) is 0 Å². The summed E-state index contributed by atoms with van der Waals surface area (Å²) in [5.74, 6) is -0.328. The third-order valence-corrected chi connectivity index (χ3v) is 2.73. The van der Waals surface area contributed by atoms with E-state index in [0.29, 0.717) is 28.5 Å². The molecule has 0 radical (unpaired) electrons. The summed E-state index contributed by atoms with van der Waals surface area (Å²) in [7, 11) is 0. The van der Waals surface area contributed by atoms with Crippen LogP contribution in [0, 0.1) is 6.92 Å². The van der Waals surface area contributed by atoms with E-state index in [1.54, 1.807) is 13.0 Å². The standard InChI is InChI=1S/C13H15ClO3/c1-4-17-12-5-9(3)11(14)7-10(12)8(2)6-13(15)16/h5-7H,4H2,1-3H3,(H,15,16)/b8-6+. The SMILES string of the molecule is CCOc1cc(C)c(Cl)cc1/C(C)=C/C(=O)O. The van der Waals surface area contributed by atoms with Crippen molar-refractivity contribution in [1.82, 2.24) is 0 Å². The molecule has 0 saturated heterocycles. The number of carbonyl (C=O) groups is 1. The van der Waals surface area contributed by atoms with E-state index in [2.05, 4.69) is 0 Å². The van der Waals surface area contributed by atoms with E-state index in [9.17, 15) is 4.79 Å². The van der Waals surface area contributed by atoms with Gasteiger partial charge in [0.25, 0.3) is 0 Å². The Morgan fingerprint density at radius 2 is 2.18 bits per heavy atom. The Balaban J connectivity index is 3.29. The van der Waals surface area contributed by atoms with Crippen LogP contribution in [0.4, 0.5) is 0 Å². The minimum atomic E-state index is -0.985. The summed E-state index contributed by atoms with van der Waals surface area (Å²) in [6, 6.07) is 3.55. The Morgan fingerprint density at radius 3 is 2.71 bits per heavy atom. The third kappa shape index (κ3) is 3.49. The van der Waals surface area contributed by atoms with E-state index in [-0.39, 0.29) is 0 Å². The van der Waals surface area contributed by atoms with Gasteiger partial charge in [0, 0.05) is 16.7 Å². The van der Waals surface area contributed by atoms with Crippen molar-refractivity contribution in [3.05, 3.63) is 34.4 Å².